The number of carbonyl (C=O) groups excluding carboxylic acids is 1. The monoisotopic (exact) mass is 519 g/mol. The third-order valence-electron chi connectivity index (χ3n) is 6.84. The highest BCUT2D eigenvalue weighted by Gasteiger charge is 2.32. The van der Waals surface area contributed by atoms with Crippen LogP contribution in [0, 0.1) is 11.8 Å². The molecule has 0 spiro atoms. The maximum Gasteiger partial charge on any atom is 0.225 e. The first kappa shape index (κ1) is 24.7. The maximum atomic E-state index is 12.6. The van der Waals surface area contributed by atoms with Crippen LogP contribution in [0.2, 0.25) is 0 Å². The summed E-state index contributed by atoms with van der Waals surface area (Å²) in [6.07, 6.45) is 10.8. The number of nitrogens with zero attached hydrogens (tertiary/aromatic N) is 3. The summed E-state index contributed by atoms with van der Waals surface area (Å²) in [5, 5.41) is 6.98. The lowest BCUT2D eigenvalue weighted by Gasteiger charge is -2.30. The van der Waals surface area contributed by atoms with Crippen molar-refractivity contribution in [1.29, 1.82) is 0 Å². The van der Waals surface area contributed by atoms with E-state index in [2.05, 4.69) is 32.3 Å². The second kappa shape index (κ2) is 13.0. The van der Waals surface area contributed by atoms with E-state index in [1.807, 2.05) is 7.05 Å². The second-order valence-electron chi connectivity index (χ2n) is 9.13. The van der Waals surface area contributed by atoms with Gasteiger partial charge in [0.05, 0.1) is 0 Å². The lowest BCUT2D eigenvalue weighted by molar-refractivity contribution is -0.134. The van der Waals surface area contributed by atoms with E-state index in [0.29, 0.717) is 17.9 Å². The first-order chi connectivity index (χ1) is 13.7. The molecule has 2 saturated heterocycles. The molecule has 3 rings (SSSR count). The number of carbonyl (C=O) groups is 1. The maximum absolute atomic E-state index is 12.6. The average molecular weight is 520 g/mol. The van der Waals surface area contributed by atoms with Gasteiger partial charge < -0.3 is 20.4 Å². The summed E-state index contributed by atoms with van der Waals surface area (Å²) in [6.45, 7) is 8.81. The van der Waals surface area contributed by atoms with Crippen molar-refractivity contribution >= 4 is 35.8 Å². The Balaban J connectivity index is 0.00000300. The van der Waals surface area contributed by atoms with Crippen LogP contribution < -0.4 is 10.6 Å². The van der Waals surface area contributed by atoms with Crippen LogP contribution in [-0.4, -0.2) is 74.0 Å². The van der Waals surface area contributed by atoms with E-state index in [9.17, 15) is 4.79 Å². The Bertz CT molecular complexity index is 515. The molecular formula is C22H42IN5O. The molecule has 2 aliphatic heterocycles. The summed E-state index contributed by atoms with van der Waals surface area (Å²) in [5.74, 6) is 2.47. The minimum Gasteiger partial charge on any atom is -0.356 e. The van der Waals surface area contributed by atoms with Crippen LogP contribution in [0.5, 0.6) is 0 Å². The summed E-state index contributed by atoms with van der Waals surface area (Å²) in [6, 6.07) is 0.326. The molecule has 3 aliphatic rings. The molecule has 0 aromatic heterocycles. The van der Waals surface area contributed by atoms with Crippen LogP contribution in [0.15, 0.2) is 4.99 Å². The fourth-order valence-electron chi connectivity index (χ4n) is 4.85. The fourth-order valence-corrected chi connectivity index (χ4v) is 4.85. The highest BCUT2D eigenvalue weighted by Crippen LogP contribution is 2.27. The van der Waals surface area contributed by atoms with Crippen LogP contribution >= 0.6 is 24.0 Å². The Morgan fingerprint density at radius 1 is 1.03 bits per heavy atom. The van der Waals surface area contributed by atoms with Gasteiger partial charge in [-0.15, -0.1) is 24.0 Å². The van der Waals surface area contributed by atoms with Gasteiger partial charge in [-0.05, 0) is 70.5 Å². The number of aliphatic imine (C=N–C) groups is 1. The number of likely N-dealkylation sites (tertiary alicyclic amines) is 2. The van der Waals surface area contributed by atoms with E-state index in [4.69, 9.17) is 0 Å². The van der Waals surface area contributed by atoms with Gasteiger partial charge in [0.15, 0.2) is 5.96 Å². The molecule has 0 aromatic carbocycles. The lowest BCUT2D eigenvalue weighted by Crippen LogP contribution is -2.45. The minimum atomic E-state index is 0. The van der Waals surface area contributed by atoms with Gasteiger partial charge in [-0.2, -0.15) is 0 Å². The van der Waals surface area contributed by atoms with E-state index < -0.39 is 0 Å². The fraction of sp³-hybridized carbons (Fsp3) is 0.909. The number of guanidine groups is 1. The van der Waals surface area contributed by atoms with Gasteiger partial charge in [-0.25, -0.2) is 0 Å². The Morgan fingerprint density at radius 2 is 1.76 bits per heavy atom. The lowest BCUT2D eigenvalue weighted by atomic mass is 9.99. The van der Waals surface area contributed by atoms with Gasteiger partial charge in [0.25, 0.3) is 0 Å². The molecule has 1 amide bonds. The third-order valence-corrected chi connectivity index (χ3v) is 6.84. The van der Waals surface area contributed by atoms with Crippen molar-refractivity contribution in [2.75, 3.05) is 46.3 Å². The van der Waals surface area contributed by atoms with Crippen molar-refractivity contribution in [2.45, 2.75) is 70.8 Å². The quantitative estimate of drug-likeness (QED) is 0.235. The minimum absolute atomic E-state index is 0. The predicted molar refractivity (Wildman–Crippen MR) is 131 cm³/mol. The van der Waals surface area contributed by atoms with Gasteiger partial charge in [-0.1, -0.05) is 19.8 Å². The molecule has 1 saturated carbocycles. The number of hydrogen-bond acceptors (Lipinski definition) is 3. The number of unbranched alkanes of at least 4 members (excludes halogenated alkanes) is 1. The number of rotatable bonds is 7. The third kappa shape index (κ3) is 7.89. The molecule has 0 bridgehead atoms. The molecule has 29 heavy (non-hydrogen) atoms. The highest BCUT2D eigenvalue weighted by atomic mass is 127. The van der Waals surface area contributed by atoms with Gasteiger partial charge in [-0.3, -0.25) is 9.79 Å². The van der Waals surface area contributed by atoms with E-state index in [0.717, 1.165) is 50.8 Å². The largest absolute Gasteiger partial charge is 0.356 e. The van der Waals surface area contributed by atoms with E-state index >= 15 is 0 Å². The van der Waals surface area contributed by atoms with E-state index in [1.54, 1.807) is 0 Å². The molecule has 2 N–H and O–H groups in total. The normalized spacial score (nSPS) is 24.6. The molecule has 0 aromatic rings. The molecule has 0 radical (unpaired) electrons. The molecule has 6 nitrogen and oxygen atoms in total. The first-order valence-corrected chi connectivity index (χ1v) is 11.6. The van der Waals surface area contributed by atoms with Crippen molar-refractivity contribution in [2.24, 2.45) is 16.8 Å². The Hall–Kier alpha value is -0.570. The van der Waals surface area contributed by atoms with Crippen LogP contribution in [-0.2, 0) is 4.79 Å². The molecular weight excluding hydrogens is 477 g/mol. The Kier molecular flexibility index (Phi) is 11.0. The van der Waals surface area contributed by atoms with Gasteiger partial charge >= 0.3 is 0 Å². The van der Waals surface area contributed by atoms with Gasteiger partial charge in [0.2, 0.25) is 5.91 Å². The second-order valence-corrected chi connectivity index (χ2v) is 9.13. The molecule has 3 fully saturated rings. The summed E-state index contributed by atoms with van der Waals surface area (Å²) >= 11 is 0. The SMILES string of the molecule is CN=C(NCCCCN1CCC(C)CC1)NC1CCN(C(=O)C2CCCC2)C1.I. The van der Waals surface area contributed by atoms with Gasteiger partial charge in [0.1, 0.15) is 0 Å². The summed E-state index contributed by atoms with van der Waals surface area (Å²) in [4.78, 5) is 21.6. The van der Waals surface area contributed by atoms with E-state index in [-0.39, 0.29) is 24.0 Å². The number of hydrogen-bond donors (Lipinski definition) is 2. The molecule has 2 heterocycles. The smallest absolute Gasteiger partial charge is 0.225 e. The first-order valence-electron chi connectivity index (χ1n) is 11.6. The number of halogens is 1. The zero-order valence-electron chi connectivity index (χ0n) is 18.5. The van der Waals surface area contributed by atoms with Crippen LogP contribution in [0.4, 0.5) is 0 Å². The van der Waals surface area contributed by atoms with Crippen molar-refractivity contribution in [3.8, 4) is 0 Å². The van der Waals surface area contributed by atoms with Gasteiger partial charge in [0, 0.05) is 38.6 Å². The molecule has 168 valence electrons. The van der Waals surface area contributed by atoms with Crippen LogP contribution in [0.1, 0.15) is 64.7 Å². The Labute approximate surface area is 194 Å². The molecule has 1 unspecified atom stereocenters. The van der Waals surface area contributed by atoms with E-state index in [1.165, 1.54) is 58.2 Å². The summed E-state index contributed by atoms with van der Waals surface area (Å²) < 4.78 is 0. The summed E-state index contributed by atoms with van der Waals surface area (Å²) in [7, 11) is 1.83. The summed E-state index contributed by atoms with van der Waals surface area (Å²) in [5.41, 5.74) is 0. The van der Waals surface area contributed by atoms with Crippen molar-refractivity contribution in [3.63, 3.8) is 0 Å². The zero-order chi connectivity index (χ0) is 19.8. The standard InChI is InChI=1S/C22H41N5O.HI/c1-18-9-14-26(15-10-18)13-6-5-12-24-22(23-2)25-20-11-16-27(17-20)21(28)19-7-3-4-8-19;/h18-20H,3-17H2,1-2H3,(H2,23,24,25);1H. The molecule has 1 atom stereocenters. The van der Waals surface area contributed by atoms with Crippen LogP contribution in [0.3, 0.4) is 0 Å². The van der Waals surface area contributed by atoms with Crippen molar-refractivity contribution in [3.05, 3.63) is 0 Å². The number of piperidine rings is 1. The molecule has 1 aliphatic carbocycles. The van der Waals surface area contributed by atoms with Crippen molar-refractivity contribution < 1.29 is 4.79 Å². The number of nitrogens with one attached hydrogen (secondary N) is 2. The zero-order valence-corrected chi connectivity index (χ0v) is 20.8. The topological polar surface area (TPSA) is 60.0 Å². The van der Waals surface area contributed by atoms with Crippen molar-refractivity contribution in [1.82, 2.24) is 20.4 Å². The predicted octanol–water partition coefficient (Wildman–Crippen LogP) is 3.07. The average Bonchev–Trinajstić information content (AvgIpc) is 3.40. The van der Waals surface area contributed by atoms with Crippen LogP contribution in [0.25, 0.3) is 0 Å². The molecule has 7 heteroatoms. The Morgan fingerprint density at radius 3 is 2.45 bits per heavy atom. The number of amides is 1. The highest BCUT2D eigenvalue weighted by molar-refractivity contribution is 14.0.